The molecule has 0 N–H and O–H groups in total. The maximum absolute atomic E-state index is 2.50. The third-order valence-electron chi connectivity index (χ3n) is 9.65. The summed E-state index contributed by atoms with van der Waals surface area (Å²) < 4.78 is 5.00. The second kappa shape index (κ2) is 12.8. The summed E-state index contributed by atoms with van der Waals surface area (Å²) in [4.78, 5) is 0. The summed E-state index contributed by atoms with van der Waals surface area (Å²) in [7, 11) is 0. The van der Waals surface area contributed by atoms with E-state index in [9.17, 15) is 0 Å². The van der Waals surface area contributed by atoms with Crippen molar-refractivity contribution in [2.24, 2.45) is 0 Å². The molecule has 8 aromatic rings. The first-order valence-electron chi connectivity index (χ1n) is 15.4. The van der Waals surface area contributed by atoms with E-state index in [2.05, 4.69) is 130 Å². The van der Waals surface area contributed by atoms with Crippen LogP contribution in [0.3, 0.4) is 0 Å². The fraction of sp³-hybridized carbons (Fsp3) is 0.150. The molecular formula is C40H32Cl2N2Zr. The second-order valence-corrected chi connectivity index (χ2v) is 11.9. The van der Waals surface area contributed by atoms with Crippen LogP contribution in [0.15, 0.2) is 121 Å². The SMILES string of the molecule is [Cl-].[Cl-].[Zr+4].c1ccc2c(c1)cc[c-]2-n1c2c(c3ccccc31)CCC2.c1ccc2c(c1)cc[c-]2-n1c2c(c3ccccc31)CCC2. The quantitative estimate of drug-likeness (QED) is 0.242. The van der Waals surface area contributed by atoms with Gasteiger partial charge in [0.05, 0.1) is 0 Å². The molecule has 0 aliphatic heterocycles. The molecule has 2 aromatic heterocycles. The van der Waals surface area contributed by atoms with Crippen molar-refractivity contribution in [3.8, 4) is 11.4 Å². The number of hydrogen-bond donors (Lipinski definition) is 0. The van der Waals surface area contributed by atoms with Crippen molar-refractivity contribution in [2.75, 3.05) is 0 Å². The van der Waals surface area contributed by atoms with Crippen molar-refractivity contribution >= 4 is 43.4 Å². The first-order chi connectivity index (χ1) is 20.9. The zero-order valence-electron chi connectivity index (χ0n) is 24.9. The number of halogens is 2. The van der Waals surface area contributed by atoms with E-state index in [1.807, 2.05) is 0 Å². The van der Waals surface area contributed by atoms with E-state index in [-0.39, 0.29) is 51.0 Å². The summed E-state index contributed by atoms with van der Waals surface area (Å²) in [5.41, 5.74) is 11.6. The zero-order valence-corrected chi connectivity index (χ0v) is 28.9. The zero-order chi connectivity index (χ0) is 27.6. The summed E-state index contributed by atoms with van der Waals surface area (Å²) in [5, 5.41) is 8.25. The van der Waals surface area contributed by atoms with E-state index in [4.69, 9.17) is 0 Å². The minimum atomic E-state index is 0. The third kappa shape index (κ3) is 4.96. The van der Waals surface area contributed by atoms with Crippen molar-refractivity contribution in [2.45, 2.75) is 38.5 Å². The van der Waals surface area contributed by atoms with Crippen molar-refractivity contribution in [3.05, 3.63) is 144 Å². The van der Waals surface area contributed by atoms with E-state index in [1.54, 1.807) is 11.1 Å². The number of nitrogens with zero attached hydrogens (tertiary/aromatic N) is 2. The van der Waals surface area contributed by atoms with Crippen LogP contribution in [0.25, 0.3) is 54.7 Å². The summed E-state index contributed by atoms with van der Waals surface area (Å²) in [6, 6.07) is 44.1. The minimum Gasteiger partial charge on any atom is -1.00 e. The molecule has 0 fully saturated rings. The van der Waals surface area contributed by atoms with Gasteiger partial charge in [-0.1, -0.05) is 130 Å². The number of rotatable bonds is 2. The molecule has 2 nitrogen and oxygen atoms in total. The van der Waals surface area contributed by atoms with Gasteiger partial charge in [0.1, 0.15) is 0 Å². The Hall–Kier alpha value is -3.36. The molecule has 0 bridgehead atoms. The maximum atomic E-state index is 2.50. The average Bonchev–Trinajstić information content (AvgIpc) is 3.87. The smallest absolute Gasteiger partial charge is 1.00 e. The van der Waals surface area contributed by atoms with Gasteiger partial charge in [-0.3, -0.25) is 0 Å². The Balaban J connectivity index is 0.000000149. The van der Waals surface area contributed by atoms with Crippen LogP contribution in [0.5, 0.6) is 0 Å². The number of fused-ring (bicyclic) bond motifs is 8. The van der Waals surface area contributed by atoms with Gasteiger partial charge in [-0.05, 0) is 83.1 Å². The van der Waals surface area contributed by atoms with Crippen molar-refractivity contribution < 1.29 is 51.0 Å². The van der Waals surface area contributed by atoms with Crippen LogP contribution in [0.1, 0.15) is 35.4 Å². The van der Waals surface area contributed by atoms with Crippen LogP contribution in [0.4, 0.5) is 0 Å². The van der Waals surface area contributed by atoms with Crippen LogP contribution in [-0.2, 0) is 51.9 Å². The van der Waals surface area contributed by atoms with Crippen molar-refractivity contribution in [1.29, 1.82) is 0 Å². The normalized spacial score (nSPS) is 13.2. The Labute approximate surface area is 295 Å². The van der Waals surface area contributed by atoms with Crippen LogP contribution < -0.4 is 24.8 Å². The minimum absolute atomic E-state index is 0. The summed E-state index contributed by atoms with van der Waals surface area (Å²) in [6.07, 6.45) is 7.41. The first kappa shape index (κ1) is 31.6. The van der Waals surface area contributed by atoms with Gasteiger partial charge < -0.3 is 33.9 Å². The number of para-hydroxylation sites is 2. The molecule has 0 amide bonds. The molecule has 6 aromatic carbocycles. The fourth-order valence-electron chi connectivity index (χ4n) is 7.88. The standard InChI is InChI=1S/2C20H16N.2ClH.Zr/c2*1-2-7-15-14(6-1)12-13-20(15)21-18-10-4-3-8-16(18)17-9-5-11-19(17)21;;;/h2*1-4,6-8,10,12-13H,5,9,11H2;2*1H;/q2*-1;;;+4/p-2. The largest absolute Gasteiger partial charge is 4.00 e. The Morgan fingerprint density at radius 2 is 0.844 bits per heavy atom. The molecule has 5 heteroatoms. The van der Waals surface area contributed by atoms with Gasteiger partial charge in [-0.15, -0.1) is 24.3 Å². The molecule has 10 rings (SSSR count). The summed E-state index contributed by atoms with van der Waals surface area (Å²) in [5.74, 6) is 0. The van der Waals surface area contributed by atoms with Crippen LogP contribution >= 0.6 is 0 Å². The predicted molar refractivity (Wildman–Crippen MR) is 177 cm³/mol. The van der Waals surface area contributed by atoms with E-state index in [1.165, 1.54) is 105 Å². The molecule has 0 spiro atoms. The third-order valence-corrected chi connectivity index (χ3v) is 9.65. The van der Waals surface area contributed by atoms with Gasteiger partial charge in [-0.2, -0.15) is 0 Å². The van der Waals surface area contributed by atoms with Gasteiger partial charge in [0, 0.05) is 0 Å². The van der Waals surface area contributed by atoms with Crippen LogP contribution in [0, 0.1) is 0 Å². The predicted octanol–water partition coefficient (Wildman–Crippen LogP) is 3.99. The van der Waals surface area contributed by atoms with E-state index >= 15 is 0 Å². The van der Waals surface area contributed by atoms with Gasteiger partial charge >= 0.3 is 26.2 Å². The molecule has 0 unspecified atom stereocenters. The fourth-order valence-corrected chi connectivity index (χ4v) is 7.88. The van der Waals surface area contributed by atoms with Gasteiger partial charge in [0.25, 0.3) is 0 Å². The topological polar surface area (TPSA) is 9.86 Å². The molecule has 220 valence electrons. The molecular weight excluding hydrogens is 671 g/mol. The Kier molecular flexibility index (Phi) is 8.99. The summed E-state index contributed by atoms with van der Waals surface area (Å²) >= 11 is 0. The van der Waals surface area contributed by atoms with Crippen molar-refractivity contribution in [1.82, 2.24) is 9.13 Å². The Bertz CT molecular complexity index is 2120. The number of aryl methyl sites for hydroxylation is 2. The van der Waals surface area contributed by atoms with Crippen LogP contribution in [0.2, 0.25) is 0 Å². The molecule has 0 radical (unpaired) electrons. The average molecular weight is 703 g/mol. The van der Waals surface area contributed by atoms with Gasteiger partial charge in [0.15, 0.2) is 0 Å². The van der Waals surface area contributed by atoms with Crippen LogP contribution in [-0.4, -0.2) is 9.13 Å². The van der Waals surface area contributed by atoms with E-state index in [0.717, 1.165) is 0 Å². The molecule has 45 heavy (non-hydrogen) atoms. The number of benzene rings is 4. The van der Waals surface area contributed by atoms with Crippen molar-refractivity contribution in [3.63, 3.8) is 0 Å². The molecule has 2 aliphatic carbocycles. The molecule has 0 saturated heterocycles. The second-order valence-electron chi connectivity index (χ2n) is 11.9. The Morgan fingerprint density at radius 1 is 0.444 bits per heavy atom. The van der Waals surface area contributed by atoms with Gasteiger partial charge in [-0.25, -0.2) is 0 Å². The number of hydrogen-bond acceptors (Lipinski definition) is 0. The molecule has 0 saturated carbocycles. The number of aromatic nitrogens is 2. The first-order valence-corrected chi connectivity index (χ1v) is 15.4. The molecule has 0 atom stereocenters. The molecule has 2 aliphatic rings. The monoisotopic (exact) mass is 700 g/mol. The van der Waals surface area contributed by atoms with Gasteiger partial charge in [0.2, 0.25) is 0 Å². The van der Waals surface area contributed by atoms with E-state index in [0.29, 0.717) is 0 Å². The van der Waals surface area contributed by atoms with E-state index < -0.39 is 0 Å². The maximum Gasteiger partial charge on any atom is 4.00 e. The summed E-state index contributed by atoms with van der Waals surface area (Å²) in [6.45, 7) is 0. The molecule has 2 heterocycles. The Morgan fingerprint density at radius 3 is 1.31 bits per heavy atom.